The van der Waals surface area contributed by atoms with Gasteiger partial charge in [0.15, 0.2) is 11.6 Å². The van der Waals surface area contributed by atoms with Gasteiger partial charge in [-0.05, 0) is 43.0 Å². The number of hydrogen-bond acceptors (Lipinski definition) is 1. The zero-order chi connectivity index (χ0) is 10.6. The Balaban J connectivity index is 2.55. The summed E-state index contributed by atoms with van der Waals surface area (Å²) in [5, 5.41) is 0. The standard InChI is InChI=1S/C11H15F2N/c1-8(7-14)2-3-9-4-5-10(12)11(13)6-9/h4-6,8H,2-3,7,14H2,1H3/t8-/m1/s1. The molecule has 78 valence electrons. The Kier molecular flexibility index (Phi) is 4.01. The van der Waals surface area contributed by atoms with Gasteiger partial charge in [0.05, 0.1) is 0 Å². The topological polar surface area (TPSA) is 26.0 Å². The predicted octanol–water partition coefficient (Wildman–Crippen LogP) is 2.49. The molecule has 0 aliphatic carbocycles. The van der Waals surface area contributed by atoms with Gasteiger partial charge in [0, 0.05) is 0 Å². The summed E-state index contributed by atoms with van der Waals surface area (Å²) >= 11 is 0. The van der Waals surface area contributed by atoms with E-state index < -0.39 is 11.6 Å². The van der Waals surface area contributed by atoms with Gasteiger partial charge >= 0.3 is 0 Å². The second kappa shape index (κ2) is 5.05. The lowest BCUT2D eigenvalue weighted by Crippen LogP contribution is -2.11. The molecule has 0 aromatic heterocycles. The van der Waals surface area contributed by atoms with E-state index in [2.05, 4.69) is 0 Å². The molecule has 14 heavy (non-hydrogen) atoms. The van der Waals surface area contributed by atoms with Crippen LogP contribution >= 0.6 is 0 Å². The van der Waals surface area contributed by atoms with Crippen molar-refractivity contribution >= 4 is 0 Å². The minimum absolute atomic E-state index is 0.420. The van der Waals surface area contributed by atoms with Crippen molar-refractivity contribution in [3.63, 3.8) is 0 Å². The van der Waals surface area contributed by atoms with E-state index in [0.29, 0.717) is 12.5 Å². The first-order valence-corrected chi connectivity index (χ1v) is 4.77. The monoisotopic (exact) mass is 199 g/mol. The highest BCUT2D eigenvalue weighted by Gasteiger charge is 2.04. The minimum atomic E-state index is -0.791. The highest BCUT2D eigenvalue weighted by molar-refractivity contribution is 5.17. The average molecular weight is 199 g/mol. The molecule has 0 aliphatic rings. The van der Waals surface area contributed by atoms with Gasteiger partial charge in [-0.3, -0.25) is 0 Å². The smallest absolute Gasteiger partial charge is 0.159 e. The van der Waals surface area contributed by atoms with E-state index in [9.17, 15) is 8.78 Å². The zero-order valence-corrected chi connectivity index (χ0v) is 8.26. The van der Waals surface area contributed by atoms with Crippen molar-refractivity contribution in [2.45, 2.75) is 19.8 Å². The van der Waals surface area contributed by atoms with Gasteiger partial charge in [-0.2, -0.15) is 0 Å². The van der Waals surface area contributed by atoms with Crippen LogP contribution in [0.25, 0.3) is 0 Å². The molecule has 2 N–H and O–H groups in total. The van der Waals surface area contributed by atoms with E-state index >= 15 is 0 Å². The maximum atomic E-state index is 12.8. The van der Waals surface area contributed by atoms with Crippen LogP contribution in [0.3, 0.4) is 0 Å². The van der Waals surface area contributed by atoms with Crippen molar-refractivity contribution in [3.8, 4) is 0 Å². The average Bonchev–Trinajstić information content (AvgIpc) is 2.19. The van der Waals surface area contributed by atoms with Crippen molar-refractivity contribution in [2.24, 2.45) is 11.7 Å². The third-order valence-electron chi connectivity index (χ3n) is 2.31. The summed E-state index contributed by atoms with van der Waals surface area (Å²) < 4.78 is 25.4. The van der Waals surface area contributed by atoms with Crippen LogP contribution in [0.4, 0.5) is 8.78 Å². The molecule has 0 aliphatic heterocycles. The highest BCUT2D eigenvalue weighted by atomic mass is 19.2. The second-order valence-corrected chi connectivity index (χ2v) is 3.63. The first-order chi connectivity index (χ1) is 6.63. The van der Waals surface area contributed by atoms with E-state index in [1.807, 2.05) is 6.92 Å². The molecule has 0 saturated carbocycles. The molecular weight excluding hydrogens is 184 g/mol. The second-order valence-electron chi connectivity index (χ2n) is 3.63. The largest absolute Gasteiger partial charge is 0.330 e. The molecule has 0 radical (unpaired) electrons. The molecule has 0 spiro atoms. The Hall–Kier alpha value is -0.960. The fraction of sp³-hybridized carbons (Fsp3) is 0.455. The van der Waals surface area contributed by atoms with E-state index in [1.54, 1.807) is 6.07 Å². The van der Waals surface area contributed by atoms with Gasteiger partial charge in [0.1, 0.15) is 0 Å². The van der Waals surface area contributed by atoms with Crippen LogP contribution in [0.15, 0.2) is 18.2 Å². The van der Waals surface area contributed by atoms with Crippen molar-refractivity contribution in [2.75, 3.05) is 6.54 Å². The molecule has 0 saturated heterocycles. The lowest BCUT2D eigenvalue weighted by Gasteiger charge is -2.07. The van der Waals surface area contributed by atoms with Crippen LogP contribution in [-0.2, 0) is 6.42 Å². The van der Waals surface area contributed by atoms with E-state index in [1.165, 1.54) is 6.07 Å². The van der Waals surface area contributed by atoms with Crippen LogP contribution in [-0.4, -0.2) is 6.54 Å². The van der Waals surface area contributed by atoms with Crippen molar-refractivity contribution in [3.05, 3.63) is 35.4 Å². The number of nitrogens with two attached hydrogens (primary N) is 1. The van der Waals surface area contributed by atoms with Gasteiger partial charge in [-0.25, -0.2) is 8.78 Å². The Morgan fingerprint density at radius 2 is 2.00 bits per heavy atom. The summed E-state index contributed by atoms with van der Waals surface area (Å²) in [6.45, 7) is 2.67. The summed E-state index contributed by atoms with van der Waals surface area (Å²) in [6, 6.07) is 4.03. The summed E-state index contributed by atoms with van der Waals surface area (Å²) in [5.41, 5.74) is 6.28. The van der Waals surface area contributed by atoms with E-state index in [-0.39, 0.29) is 0 Å². The number of aryl methyl sites for hydroxylation is 1. The van der Waals surface area contributed by atoms with E-state index in [0.717, 1.165) is 24.5 Å². The molecule has 0 fully saturated rings. The zero-order valence-electron chi connectivity index (χ0n) is 8.26. The fourth-order valence-corrected chi connectivity index (χ4v) is 1.23. The first-order valence-electron chi connectivity index (χ1n) is 4.77. The molecule has 0 bridgehead atoms. The van der Waals surface area contributed by atoms with Gasteiger partial charge < -0.3 is 5.73 Å². The number of benzene rings is 1. The minimum Gasteiger partial charge on any atom is -0.330 e. The van der Waals surface area contributed by atoms with Crippen molar-refractivity contribution < 1.29 is 8.78 Å². The number of hydrogen-bond donors (Lipinski definition) is 1. The Bertz CT molecular complexity index is 299. The molecule has 1 rings (SSSR count). The lowest BCUT2D eigenvalue weighted by molar-refractivity contribution is 0.503. The predicted molar refractivity (Wildman–Crippen MR) is 52.9 cm³/mol. The van der Waals surface area contributed by atoms with Crippen LogP contribution in [0.2, 0.25) is 0 Å². The number of halogens is 2. The van der Waals surface area contributed by atoms with E-state index in [4.69, 9.17) is 5.73 Å². The lowest BCUT2D eigenvalue weighted by atomic mass is 10.0. The molecule has 1 aromatic carbocycles. The Labute approximate surface area is 82.9 Å². The molecule has 1 nitrogen and oxygen atoms in total. The summed E-state index contributed by atoms with van der Waals surface area (Å²) in [6.07, 6.45) is 1.65. The molecule has 0 heterocycles. The third-order valence-corrected chi connectivity index (χ3v) is 2.31. The normalized spacial score (nSPS) is 12.9. The Morgan fingerprint density at radius 3 is 2.57 bits per heavy atom. The third kappa shape index (κ3) is 3.07. The molecule has 3 heteroatoms. The molecular formula is C11H15F2N. The first kappa shape index (κ1) is 11.1. The van der Waals surface area contributed by atoms with Crippen molar-refractivity contribution in [1.29, 1.82) is 0 Å². The van der Waals surface area contributed by atoms with Crippen LogP contribution in [0.1, 0.15) is 18.9 Å². The van der Waals surface area contributed by atoms with Gasteiger partial charge in [0.2, 0.25) is 0 Å². The maximum Gasteiger partial charge on any atom is 0.159 e. The quantitative estimate of drug-likeness (QED) is 0.792. The summed E-state index contributed by atoms with van der Waals surface area (Å²) in [5.74, 6) is -1.15. The molecule has 0 unspecified atom stereocenters. The molecule has 1 atom stereocenters. The van der Waals surface area contributed by atoms with Gasteiger partial charge in [-0.1, -0.05) is 13.0 Å². The summed E-state index contributed by atoms with van der Waals surface area (Å²) in [7, 11) is 0. The molecule has 0 amide bonds. The number of rotatable bonds is 4. The van der Waals surface area contributed by atoms with Crippen LogP contribution in [0, 0.1) is 17.6 Å². The van der Waals surface area contributed by atoms with Gasteiger partial charge in [0.25, 0.3) is 0 Å². The van der Waals surface area contributed by atoms with Crippen LogP contribution in [0.5, 0.6) is 0 Å². The van der Waals surface area contributed by atoms with Gasteiger partial charge in [-0.15, -0.1) is 0 Å². The fourth-order valence-electron chi connectivity index (χ4n) is 1.23. The van der Waals surface area contributed by atoms with Crippen LogP contribution < -0.4 is 5.73 Å². The van der Waals surface area contributed by atoms with Crippen molar-refractivity contribution in [1.82, 2.24) is 0 Å². The Morgan fingerprint density at radius 1 is 1.29 bits per heavy atom. The molecule has 1 aromatic rings. The highest BCUT2D eigenvalue weighted by Crippen LogP contribution is 2.12. The SMILES string of the molecule is C[C@@H](CN)CCc1ccc(F)c(F)c1. The maximum absolute atomic E-state index is 12.8. The summed E-state index contributed by atoms with van der Waals surface area (Å²) in [4.78, 5) is 0.